The Bertz CT molecular complexity index is 694. The summed E-state index contributed by atoms with van der Waals surface area (Å²) in [5, 5.41) is 12.0. The average molecular weight is 390 g/mol. The van der Waals surface area contributed by atoms with Gasteiger partial charge in [0.1, 0.15) is 18.3 Å². The van der Waals surface area contributed by atoms with Crippen LogP contribution in [0, 0.1) is 0 Å². The molecule has 3 heterocycles. The molecule has 2 saturated carbocycles. The number of hydrogen-bond donors (Lipinski definition) is 1. The number of alkyl carbamates (subject to hydrolysis) is 1. The largest absolute Gasteiger partial charge is 0.448 e. The third-order valence-electron chi connectivity index (χ3n) is 6.40. The molecule has 2 aliphatic heterocycles. The van der Waals surface area contributed by atoms with E-state index in [4.69, 9.17) is 9.47 Å². The van der Waals surface area contributed by atoms with Crippen molar-refractivity contribution in [2.24, 2.45) is 0 Å². The van der Waals surface area contributed by atoms with Gasteiger partial charge in [0.15, 0.2) is 0 Å². The lowest BCUT2D eigenvalue weighted by atomic mass is 10.0. The molecule has 0 radical (unpaired) electrons. The van der Waals surface area contributed by atoms with Crippen LogP contribution in [0.2, 0.25) is 0 Å². The lowest BCUT2D eigenvalue weighted by Crippen LogP contribution is -2.44. The second kappa shape index (κ2) is 7.99. The summed E-state index contributed by atoms with van der Waals surface area (Å²) >= 11 is 0. The van der Waals surface area contributed by atoms with E-state index in [9.17, 15) is 4.79 Å². The van der Waals surface area contributed by atoms with Crippen molar-refractivity contribution in [1.29, 1.82) is 0 Å². The summed E-state index contributed by atoms with van der Waals surface area (Å²) in [4.78, 5) is 14.5. The summed E-state index contributed by atoms with van der Waals surface area (Å²) in [5.41, 5.74) is 0. The van der Waals surface area contributed by atoms with Crippen LogP contribution in [0.5, 0.6) is 0 Å². The van der Waals surface area contributed by atoms with Crippen LogP contribution in [0.15, 0.2) is 0 Å². The molecule has 8 heteroatoms. The highest BCUT2D eigenvalue weighted by Crippen LogP contribution is 2.44. The normalized spacial score (nSPS) is 28.4. The molecule has 2 aliphatic carbocycles. The molecule has 4 fully saturated rings. The Hall–Kier alpha value is -1.67. The van der Waals surface area contributed by atoms with Gasteiger partial charge < -0.3 is 19.4 Å². The number of carbonyl (C=O) groups excluding carboxylic acids is 1. The summed E-state index contributed by atoms with van der Waals surface area (Å²) in [6.07, 6.45) is 9.00. The van der Waals surface area contributed by atoms with Crippen LogP contribution in [0.4, 0.5) is 4.79 Å². The SMILES string of the molecule is O=C(NC1CCOC1)OCC1CCCCN1Cc1nnc(C2CC2)n1C1CC1. The number of amides is 1. The van der Waals surface area contributed by atoms with E-state index in [1.165, 1.54) is 44.3 Å². The van der Waals surface area contributed by atoms with Crippen molar-refractivity contribution in [2.75, 3.05) is 26.4 Å². The minimum Gasteiger partial charge on any atom is -0.448 e. The molecule has 28 heavy (non-hydrogen) atoms. The third-order valence-corrected chi connectivity index (χ3v) is 6.40. The fraction of sp³-hybridized carbons (Fsp3) is 0.850. The van der Waals surface area contributed by atoms with Crippen LogP contribution >= 0.6 is 0 Å². The Balaban J connectivity index is 1.19. The molecule has 154 valence electrons. The molecule has 2 unspecified atom stereocenters. The van der Waals surface area contributed by atoms with Crippen molar-refractivity contribution in [3.8, 4) is 0 Å². The first kappa shape index (κ1) is 18.4. The number of nitrogens with one attached hydrogen (secondary N) is 1. The summed E-state index contributed by atoms with van der Waals surface area (Å²) in [7, 11) is 0. The fourth-order valence-electron chi connectivity index (χ4n) is 4.46. The number of aromatic nitrogens is 3. The maximum Gasteiger partial charge on any atom is 0.407 e. The zero-order chi connectivity index (χ0) is 18.9. The predicted octanol–water partition coefficient (Wildman–Crippen LogP) is 2.36. The Kier molecular flexibility index (Phi) is 5.24. The molecule has 5 rings (SSSR count). The van der Waals surface area contributed by atoms with Crippen molar-refractivity contribution in [3.05, 3.63) is 11.6 Å². The van der Waals surface area contributed by atoms with Gasteiger partial charge in [-0.15, -0.1) is 10.2 Å². The molecule has 8 nitrogen and oxygen atoms in total. The van der Waals surface area contributed by atoms with E-state index in [-0.39, 0.29) is 18.2 Å². The molecule has 1 aromatic heterocycles. The van der Waals surface area contributed by atoms with Gasteiger partial charge in [-0.05, 0) is 51.5 Å². The van der Waals surface area contributed by atoms with Gasteiger partial charge in [-0.25, -0.2) is 4.79 Å². The number of nitrogens with zero attached hydrogens (tertiary/aromatic N) is 4. The number of carbonyl (C=O) groups is 1. The van der Waals surface area contributed by atoms with Crippen LogP contribution in [0.25, 0.3) is 0 Å². The van der Waals surface area contributed by atoms with E-state index in [0.29, 0.717) is 31.8 Å². The van der Waals surface area contributed by atoms with Crippen LogP contribution in [0.1, 0.15) is 75.0 Å². The topological polar surface area (TPSA) is 81.5 Å². The molecule has 4 aliphatic rings. The maximum absolute atomic E-state index is 12.1. The lowest BCUT2D eigenvalue weighted by molar-refractivity contribution is 0.0602. The first-order valence-electron chi connectivity index (χ1n) is 11.0. The number of ether oxygens (including phenoxy) is 2. The number of hydrogen-bond acceptors (Lipinski definition) is 6. The van der Waals surface area contributed by atoms with E-state index < -0.39 is 0 Å². The van der Waals surface area contributed by atoms with E-state index in [1.807, 2.05) is 0 Å². The molecule has 1 N–H and O–H groups in total. The Morgan fingerprint density at radius 3 is 2.79 bits per heavy atom. The van der Waals surface area contributed by atoms with Gasteiger partial charge in [0, 0.05) is 24.6 Å². The van der Waals surface area contributed by atoms with Crippen molar-refractivity contribution in [2.45, 2.75) is 82.0 Å². The number of piperidine rings is 1. The molecule has 0 spiro atoms. The van der Waals surface area contributed by atoms with Crippen molar-refractivity contribution in [3.63, 3.8) is 0 Å². The highest BCUT2D eigenvalue weighted by Gasteiger charge is 2.37. The second-order valence-electron chi connectivity index (χ2n) is 8.77. The maximum atomic E-state index is 12.1. The van der Waals surface area contributed by atoms with Gasteiger partial charge in [0.05, 0.1) is 19.2 Å². The predicted molar refractivity (Wildman–Crippen MR) is 102 cm³/mol. The van der Waals surface area contributed by atoms with Crippen molar-refractivity contribution < 1.29 is 14.3 Å². The van der Waals surface area contributed by atoms with Crippen LogP contribution in [0.3, 0.4) is 0 Å². The Labute approximate surface area is 166 Å². The molecule has 2 atom stereocenters. The van der Waals surface area contributed by atoms with Crippen molar-refractivity contribution in [1.82, 2.24) is 25.0 Å². The summed E-state index contributed by atoms with van der Waals surface area (Å²) in [6, 6.07) is 0.959. The molecular formula is C20H31N5O3. The first-order valence-corrected chi connectivity index (χ1v) is 11.0. The fourth-order valence-corrected chi connectivity index (χ4v) is 4.46. The highest BCUT2D eigenvalue weighted by molar-refractivity contribution is 5.67. The zero-order valence-electron chi connectivity index (χ0n) is 16.5. The molecule has 1 amide bonds. The van der Waals surface area contributed by atoms with E-state index in [1.54, 1.807) is 0 Å². The number of rotatable bonds is 7. The average Bonchev–Trinajstić information content (AvgIpc) is 3.63. The Morgan fingerprint density at radius 2 is 2.04 bits per heavy atom. The van der Waals surface area contributed by atoms with Gasteiger partial charge in [-0.3, -0.25) is 4.90 Å². The zero-order valence-corrected chi connectivity index (χ0v) is 16.5. The molecule has 2 saturated heterocycles. The quantitative estimate of drug-likeness (QED) is 0.771. The third kappa shape index (κ3) is 4.17. The second-order valence-corrected chi connectivity index (χ2v) is 8.77. The summed E-state index contributed by atoms with van der Waals surface area (Å²) < 4.78 is 13.3. The van der Waals surface area contributed by atoms with Gasteiger partial charge >= 0.3 is 6.09 Å². The van der Waals surface area contributed by atoms with Crippen molar-refractivity contribution >= 4 is 6.09 Å². The lowest BCUT2D eigenvalue weighted by Gasteiger charge is -2.35. The van der Waals surface area contributed by atoms with Gasteiger partial charge in [0.25, 0.3) is 0 Å². The molecule has 0 bridgehead atoms. The van der Waals surface area contributed by atoms with Gasteiger partial charge in [-0.2, -0.15) is 0 Å². The molecule has 0 aromatic carbocycles. The molecule has 1 aromatic rings. The molecular weight excluding hydrogens is 358 g/mol. The standard InChI is InChI=1S/C20H31N5O3/c26-20(21-15-8-10-27-12-15)28-13-17-3-1-2-9-24(17)11-18-22-23-19(14-4-5-14)25(18)16-6-7-16/h14-17H,1-13H2,(H,21,26). The highest BCUT2D eigenvalue weighted by atomic mass is 16.6. The minimum atomic E-state index is -0.321. The van der Waals surface area contributed by atoms with Gasteiger partial charge in [0.2, 0.25) is 0 Å². The summed E-state index contributed by atoms with van der Waals surface area (Å²) in [6.45, 7) is 3.58. The van der Waals surface area contributed by atoms with Gasteiger partial charge in [-0.1, -0.05) is 6.42 Å². The van der Waals surface area contributed by atoms with Crippen LogP contribution in [-0.2, 0) is 16.0 Å². The smallest absolute Gasteiger partial charge is 0.407 e. The van der Waals surface area contributed by atoms with E-state index in [2.05, 4.69) is 25.0 Å². The first-order chi connectivity index (χ1) is 13.8. The monoisotopic (exact) mass is 389 g/mol. The van der Waals surface area contributed by atoms with Crippen LogP contribution in [-0.4, -0.2) is 64.2 Å². The van der Waals surface area contributed by atoms with E-state index in [0.717, 1.165) is 31.8 Å². The Morgan fingerprint density at radius 1 is 1.14 bits per heavy atom. The number of likely N-dealkylation sites (tertiary alicyclic amines) is 1. The minimum absolute atomic E-state index is 0.0906. The summed E-state index contributed by atoms with van der Waals surface area (Å²) in [5.74, 6) is 2.94. The van der Waals surface area contributed by atoms with E-state index >= 15 is 0 Å². The van der Waals surface area contributed by atoms with Crippen LogP contribution < -0.4 is 5.32 Å².